The van der Waals surface area contributed by atoms with Crippen molar-refractivity contribution in [3.05, 3.63) is 24.3 Å². The van der Waals surface area contributed by atoms with E-state index >= 15 is 0 Å². The lowest BCUT2D eigenvalue weighted by atomic mass is 10.2. The van der Waals surface area contributed by atoms with Crippen molar-refractivity contribution in [2.24, 2.45) is 0 Å². The fourth-order valence-corrected chi connectivity index (χ4v) is 3.86. The summed E-state index contributed by atoms with van der Waals surface area (Å²) in [4.78, 5) is 25.1. The van der Waals surface area contributed by atoms with Gasteiger partial charge in [-0.1, -0.05) is 12.8 Å². The molecule has 0 spiro atoms. The molecule has 1 atom stereocenters. The van der Waals surface area contributed by atoms with Crippen molar-refractivity contribution in [3.8, 4) is 0 Å². The number of rotatable bonds is 5. The molecule has 0 bridgehead atoms. The van der Waals surface area contributed by atoms with Crippen LogP contribution in [-0.4, -0.2) is 28.9 Å². The third-order valence-corrected chi connectivity index (χ3v) is 5.20. The Morgan fingerprint density at radius 3 is 2.32 bits per heavy atom. The summed E-state index contributed by atoms with van der Waals surface area (Å²) < 4.78 is 5.15. The van der Waals surface area contributed by atoms with E-state index in [2.05, 4.69) is 10.6 Å². The third-order valence-electron chi connectivity index (χ3n) is 3.85. The summed E-state index contributed by atoms with van der Waals surface area (Å²) in [5.74, 6) is -0.276. The second-order valence-electron chi connectivity index (χ2n) is 7.41. The maximum absolute atomic E-state index is 12.2. The Hall–Kier alpha value is -1.69. The maximum Gasteiger partial charge on any atom is 0.408 e. The van der Waals surface area contributed by atoms with Crippen LogP contribution >= 0.6 is 11.8 Å². The van der Waals surface area contributed by atoms with Crippen LogP contribution in [0.4, 0.5) is 10.5 Å². The molecular weight excluding hydrogens is 336 g/mol. The van der Waals surface area contributed by atoms with Crippen LogP contribution in [0.3, 0.4) is 0 Å². The molecule has 0 radical (unpaired) electrons. The molecule has 2 rings (SSSR count). The number of carbonyl (C=O) groups is 2. The Bertz CT molecular complexity index is 590. The first kappa shape index (κ1) is 19.6. The monoisotopic (exact) mass is 364 g/mol. The second kappa shape index (κ2) is 8.61. The molecule has 1 aromatic rings. The SMILES string of the molecule is CC(NC(=O)OC(C)(C)C)C(=O)Nc1ccc(SC2CCCC2)cc1. The predicted octanol–water partition coefficient (Wildman–Crippen LogP) is 4.57. The van der Waals surface area contributed by atoms with Gasteiger partial charge < -0.3 is 15.4 Å². The number of anilines is 1. The van der Waals surface area contributed by atoms with Crippen molar-refractivity contribution in [3.63, 3.8) is 0 Å². The van der Waals surface area contributed by atoms with E-state index in [0.717, 1.165) is 10.9 Å². The van der Waals surface area contributed by atoms with Gasteiger partial charge in [0, 0.05) is 15.8 Å². The molecule has 5 nitrogen and oxygen atoms in total. The van der Waals surface area contributed by atoms with Gasteiger partial charge in [0.25, 0.3) is 0 Å². The maximum atomic E-state index is 12.2. The van der Waals surface area contributed by atoms with Gasteiger partial charge in [-0.25, -0.2) is 4.79 Å². The van der Waals surface area contributed by atoms with Crippen molar-refractivity contribution in [1.29, 1.82) is 0 Å². The predicted molar refractivity (Wildman–Crippen MR) is 102 cm³/mol. The van der Waals surface area contributed by atoms with Gasteiger partial charge >= 0.3 is 6.09 Å². The average Bonchev–Trinajstić information content (AvgIpc) is 3.00. The first-order chi connectivity index (χ1) is 11.7. The highest BCUT2D eigenvalue weighted by Gasteiger charge is 2.21. The van der Waals surface area contributed by atoms with Crippen molar-refractivity contribution < 1.29 is 14.3 Å². The first-order valence-corrected chi connectivity index (χ1v) is 9.68. The summed E-state index contributed by atoms with van der Waals surface area (Å²) in [6, 6.07) is 7.18. The van der Waals surface area contributed by atoms with Gasteiger partial charge in [0.2, 0.25) is 5.91 Å². The van der Waals surface area contributed by atoms with E-state index in [0.29, 0.717) is 0 Å². The second-order valence-corrected chi connectivity index (χ2v) is 8.78. The standard InChI is InChI=1S/C19H28N2O3S/c1-13(20-18(23)24-19(2,3)4)17(22)21-14-9-11-16(12-10-14)25-15-7-5-6-8-15/h9-13,15H,5-8H2,1-4H3,(H,20,23)(H,21,22). The third kappa shape index (κ3) is 6.98. The molecule has 0 aromatic heterocycles. The van der Waals surface area contributed by atoms with Gasteiger partial charge in [0.1, 0.15) is 11.6 Å². The van der Waals surface area contributed by atoms with Crippen molar-refractivity contribution in [2.45, 2.75) is 75.2 Å². The highest BCUT2D eigenvalue weighted by Crippen LogP contribution is 2.34. The van der Waals surface area contributed by atoms with Gasteiger partial charge in [0.05, 0.1) is 0 Å². The smallest absolute Gasteiger partial charge is 0.408 e. The largest absolute Gasteiger partial charge is 0.444 e. The Labute approximate surface area is 154 Å². The molecule has 1 saturated carbocycles. The molecule has 2 N–H and O–H groups in total. The number of hydrogen-bond donors (Lipinski definition) is 2. The molecule has 1 fully saturated rings. The minimum atomic E-state index is -0.678. The van der Waals surface area contributed by atoms with Crippen molar-refractivity contribution >= 4 is 29.4 Å². The summed E-state index contributed by atoms with van der Waals surface area (Å²) in [6.45, 7) is 6.97. The number of amides is 2. The van der Waals surface area contributed by atoms with Gasteiger partial charge in [-0.05, 0) is 64.8 Å². The number of thioether (sulfide) groups is 1. The number of alkyl carbamates (subject to hydrolysis) is 1. The molecule has 138 valence electrons. The number of benzene rings is 1. The molecule has 1 aromatic carbocycles. The van der Waals surface area contributed by atoms with E-state index in [4.69, 9.17) is 4.74 Å². The van der Waals surface area contributed by atoms with Crippen LogP contribution in [0.15, 0.2) is 29.2 Å². The normalized spacial score (nSPS) is 16.3. The highest BCUT2D eigenvalue weighted by molar-refractivity contribution is 8.00. The van der Waals surface area contributed by atoms with Crippen LogP contribution in [0.2, 0.25) is 0 Å². The van der Waals surface area contributed by atoms with Gasteiger partial charge in [-0.15, -0.1) is 11.8 Å². The van der Waals surface area contributed by atoms with Crippen LogP contribution < -0.4 is 10.6 Å². The molecule has 0 saturated heterocycles. The van der Waals surface area contributed by atoms with Gasteiger partial charge in [0.15, 0.2) is 0 Å². The molecule has 6 heteroatoms. The van der Waals surface area contributed by atoms with Crippen molar-refractivity contribution in [2.75, 3.05) is 5.32 Å². The Morgan fingerprint density at radius 1 is 1.16 bits per heavy atom. The average molecular weight is 365 g/mol. The van der Waals surface area contributed by atoms with E-state index in [1.54, 1.807) is 27.7 Å². The molecule has 25 heavy (non-hydrogen) atoms. The number of carbonyl (C=O) groups excluding carboxylic acids is 2. The quantitative estimate of drug-likeness (QED) is 0.803. The molecule has 1 aliphatic rings. The fraction of sp³-hybridized carbons (Fsp3) is 0.579. The summed E-state index contributed by atoms with van der Waals surface area (Å²) in [5.41, 5.74) is 0.131. The fourth-order valence-electron chi connectivity index (χ4n) is 2.62. The Kier molecular flexibility index (Phi) is 6.76. The lowest BCUT2D eigenvalue weighted by molar-refractivity contribution is -0.117. The zero-order chi connectivity index (χ0) is 18.4. The first-order valence-electron chi connectivity index (χ1n) is 8.80. The molecule has 2 amide bonds. The van der Waals surface area contributed by atoms with Crippen LogP contribution in [0, 0.1) is 0 Å². The lowest BCUT2D eigenvalue weighted by Crippen LogP contribution is -2.43. The van der Waals surface area contributed by atoms with Crippen LogP contribution in [0.25, 0.3) is 0 Å². The van der Waals surface area contributed by atoms with E-state index in [-0.39, 0.29) is 5.91 Å². The summed E-state index contributed by atoms with van der Waals surface area (Å²) in [6.07, 6.45) is 4.63. The van der Waals surface area contributed by atoms with E-state index in [9.17, 15) is 9.59 Å². The lowest BCUT2D eigenvalue weighted by Gasteiger charge is -2.21. The van der Waals surface area contributed by atoms with E-state index < -0.39 is 17.7 Å². The Balaban J connectivity index is 1.81. The van der Waals surface area contributed by atoms with Crippen molar-refractivity contribution in [1.82, 2.24) is 5.32 Å². The highest BCUT2D eigenvalue weighted by atomic mass is 32.2. The van der Waals surface area contributed by atoms with Crippen LogP contribution in [0.1, 0.15) is 53.4 Å². The summed E-state index contributed by atoms with van der Waals surface area (Å²) in [5, 5.41) is 6.07. The summed E-state index contributed by atoms with van der Waals surface area (Å²) in [7, 11) is 0. The van der Waals surface area contributed by atoms with Crippen LogP contribution in [-0.2, 0) is 9.53 Å². The molecular formula is C19H28N2O3S. The zero-order valence-corrected chi connectivity index (χ0v) is 16.2. The molecule has 1 unspecified atom stereocenters. The van der Waals surface area contributed by atoms with E-state index in [1.165, 1.54) is 30.6 Å². The molecule has 0 heterocycles. The topological polar surface area (TPSA) is 67.4 Å². The van der Waals surface area contributed by atoms with Gasteiger partial charge in [-0.3, -0.25) is 4.79 Å². The van der Waals surface area contributed by atoms with E-state index in [1.807, 2.05) is 36.0 Å². The zero-order valence-electron chi connectivity index (χ0n) is 15.4. The summed E-state index contributed by atoms with van der Waals surface area (Å²) >= 11 is 1.91. The minimum Gasteiger partial charge on any atom is -0.444 e. The number of ether oxygens (including phenoxy) is 1. The molecule has 1 aliphatic carbocycles. The molecule has 0 aliphatic heterocycles. The minimum absolute atomic E-state index is 0.276. The van der Waals surface area contributed by atoms with Gasteiger partial charge in [-0.2, -0.15) is 0 Å². The van der Waals surface area contributed by atoms with Crippen LogP contribution in [0.5, 0.6) is 0 Å². The number of hydrogen-bond acceptors (Lipinski definition) is 4. The number of nitrogens with one attached hydrogen (secondary N) is 2. The Morgan fingerprint density at radius 2 is 1.76 bits per heavy atom.